The molecular weight excluding hydrogens is 296 g/mol. The Labute approximate surface area is 132 Å². The van der Waals surface area contributed by atoms with Gasteiger partial charge in [0.1, 0.15) is 5.71 Å². The number of hydrogen-bond donors (Lipinski definition) is 1. The summed E-state index contributed by atoms with van der Waals surface area (Å²) in [6.45, 7) is 3.75. The van der Waals surface area contributed by atoms with Gasteiger partial charge in [0, 0.05) is 20.2 Å². The summed E-state index contributed by atoms with van der Waals surface area (Å²) >= 11 is 1.77. The Morgan fingerprint density at radius 1 is 1.18 bits per heavy atom. The second-order valence-corrected chi connectivity index (χ2v) is 5.92. The third-order valence-corrected chi connectivity index (χ3v) is 4.45. The molecule has 0 saturated carbocycles. The van der Waals surface area contributed by atoms with Crippen molar-refractivity contribution < 1.29 is 9.53 Å². The molecule has 0 aliphatic heterocycles. The molecule has 0 saturated heterocycles. The van der Waals surface area contributed by atoms with Crippen molar-refractivity contribution in [3.05, 3.63) is 42.5 Å². The van der Waals surface area contributed by atoms with Crippen molar-refractivity contribution >= 4 is 48.9 Å². The van der Waals surface area contributed by atoms with Crippen molar-refractivity contribution in [2.45, 2.75) is 13.8 Å². The first-order valence-corrected chi connectivity index (χ1v) is 7.89. The third kappa shape index (κ3) is 2.80. The number of nitrogens with zero attached hydrogens (tertiary/aromatic N) is 1. The highest BCUT2D eigenvalue weighted by Crippen LogP contribution is 2.35. The average molecular weight is 312 g/mol. The van der Waals surface area contributed by atoms with Crippen LogP contribution in [0.4, 0.5) is 5.69 Å². The van der Waals surface area contributed by atoms with Gasteiger partial charge in [-0.25, -0.2) is 4.79 Å². The molecule has 0 bridgehead atoms. The Hall–Kier alpha value is -2.40. The number of thiophene rings is 1. The molecule has 0 aliphatic rings. The second kappa shape index (κ2) is 6.15. The number of carbonyl (C=O) groups excluding carboxylic acids is 1. The zero-order chi connectivity index (χ0) is 15.5. The van der Waals surface area contributed by atoms with Crippen LogP contribution in [0.25, 0.3) is 20.2 Å². The van der Waals surface area contributed by atoms with Crippen LogP contribution < -0.4 is 5.43 Å². The summed E-state index contributed by atoms with van der Waals surface area (Å²) < 4.78 is 7.40. The number of anilines is 1. The second-order valence-electron chi connectivity index (χ2n) is 4.84. The Balaban J connectivity index is 1.90. The zero-order valence-electron chi connectivity index (χ0n) is 12.4. The van der Waals surface area contributed by atoms with Gasteiger partial charge in [-0.15, -0.1) is 11.3 Å². The molecular formula is C17H16N2O2S. The predicted molar refractivity (Wildman–Crippen MR) is 92.7 cm³/mol. The Kier molecular flexibility index (Phi) is 4.06. The minimum Gasteiger partial charge on any atom is -0.461 e. The first kappa shape index (κ1) is 14.5. The molecule has 22 heavy (non-hydrogen) atoms. The van der Waals surface area contributed by atoms with Gasteiger partial charge in [-0.2, -0.15) is 5.10 Å². The van der Waals surface area contributed by atoms with Gasteiger partial charge in [0.25, 0.3) is 0 Å². The molecule has 0 spiro atoms. The SMILES string of the molecule is CCOC(=O)/C(C)=N/Nc1ccc2sc3ccccc3c2c1. The predicted octanol–water partition coefficient (Wildman–Crippen LogP) is 4.41. The summed E-state index contributed by atoms with van der Waals surface area (Å²) in [5, 5.41) is 6.50. The van der Waals surface area contributed by atoms with E-state index >= 15 is 0 Å². The fraction of sp³-hybridized carbons (Fsp3) is 0.176. The molecule has 1 heterocycles. The highest BCUT2D eigenvalue weighted by molar-refractivity contribution is 7.25. The molecule has 1 aromatic heterocycles. The first-order valence-electron chi connectivity index (χ1n) is 7.07. The van der Waals surface area contributed by atoms with Gasteiger partial charge in [0.15, 0.2) is 0 Å². The van der Waals surface area contributed by atoms with E-state index in [1.165, 1.54) is 20.2 Å². The summed E-state index contributed by atoms with van der Waals surface area (Å²) in [5.41, 5.74) is 4.07. The van der Waals surface area contributed by atoms with Crippen LogP contribution >= 0.6 is 11.3 Å². The maximum Gasteiger partial charge on any atom is 0.354 e. The molecule has 3 rings (SSSR count). The van der Waals surface area contributed by atoms with E-state index in [1.54, 1.807) is 25.2 Å². The fourth-order valence-electron chi connectivity index (χ4n) is 2.23. The topological polar surface area (TPSA) is 50.7 Å². The van der Waals surface area contributed by atoms with E-state index in [-0.39, 0.29) is 0 Å². The molecule has 2 aromatic carbocycles. The highest BCUT2D eigenvalue weighted by Gasteiger charge is 2.07. The number of fused-ring (bicyclic) bond motifs is 3. The minimum atomic E-state index is -0.405. The smallest absolute Gasteiger partial charge is 0.354 e. The van der Waals surface area contributed by atoms with Crippen molar-refractivity contribution in [2.75, 3.05) is 12.0 Å². The molecule has 112 valence electrons. The number of nitrogens with one attached hydrogen (secondary N) is 1. The van der Waals surface area contributed by atoms with Crippen LogP contribution in [0.1, 0.15) is 13.8 Å². The van der Waals surface area contributed by atoms with E-state index in [1.807, 2.05) is 18.2 Å². The highest BCUT2D eigenvalue weighted by atomic mass is 32.1. The summed E-state index contributed by atoms with van der Waals surface area (Å²) in [6.07, 6.45) is 0. The van der Waals surface area contributed by atoms with Gasteiger partial charge in [0.05, 0.1) is 12.3 Å². The van der Waals surface area contributed by atoms with Crippen LogP contribution in [0.5, 0.6) is 0 Å². The number of esters is 1. The summed E-state index contributed by atoms with van der Waals surface area (Å²) in [6, 6.07) is 14.4. The quantitative estimate of drug-likeness (QED) is 0.441. The van der Waals surface area contributed by atoms with E-state index < -0.39 is 5.97 Å². The Bertz CT molecular complexity index is 867. The molecule has 0 unspecified atom stereocenters. The largest absolute Gasteiger partial charge is 0.461 e. The van der Waals surface area contributed by atoms with Crippen molar-refractivity contribution in [1.82, 2.24) is 0 Å². The number of rotatable bonds is 4. The van der Waals surface area contributed by atoms with Crippen LogP contribution in [0.15, 0.2) is 47.6 Å². The monoisotopic (exact) mass is 312 g/mol. The zero-order valence-corrected chi connectivity index (χ0v) is 13.2. The van der Waals surface area contributed by atoms with Gasteiger partial charge in [-0.3, -0.25) is 5.43 Å². The molecule has 0 amide bonds. The number of hydrogen-bond acceptors (Lipinski definition) is 5. The van der Waals surface area contributed by atoms with Gasteiger partial charge < -0.3 is 4.74 Å². The van der Waals surface area contributed by atoms with Gasteiger partial charge >= 0.3 is 5.97 Å². The van der Waals surface area contributed by atoms with E-state index in [0.29, 0.717) is 12.3 Å². The van der Waals surface area contributed by atoms with Crippen LogP contribution in [0.3, 0.4) is 0 Å². The lowest BCUT2D eigenvalue weighted by molar-refractivity contribution is -0.135. The standard InChI is InChI=1S/C17H16N2O2S/c1-3-21-17(20)11(2)18-19-12-8-9-16-14(10-12)13-6-4-5-7-15(13)22-16/h4-10,19H,3H2,1-2H3/b18-11+. The third-order valence-electron chi connectivity index (χ3n) is 3.30. The fourth-order valence-corrected chi connectivity index (χ4v) is 3.31. The lowest BCUT2D eigenvalue weighted by atomic mass is 10.1. The Morgan fingerprint density at radius 3 is 2.77 bits per heavy atom. The van der Waals surface area contributed by atoms with Crippen LogP contribution in [-0.4, -0.2) is 18.3 Å². The number of hydrazone groups is 1. The minimum absolute atomic E-state index is 0.303. The lowest BCUT2D eigenvalue weighted by Crippen LogP contribution is -2.15. The van der Waals surface area contributed by atoms with Crippen molar-refractivity contribution in [1.29, 1.82) is 0 Å². The number of ether oxygens (including phenoxy) is 1. The summed E-state index contributed by atoms with van der Waals surface area (Å²) in [7, 11) is 0. The molecule has 0 atom stereocenters. The molecule has 3 aromatic rings. The maximum atomic E-state index is 11.5. The van der Waals surface area contributed by atoms with E-state index in [0.717, 1.165) is 5.69 Å². The van der Waals surface area contributed by atoms with Crippen molar-refractivity contribution in [2.24, 2.45) is 5.10 Å². The van der Waals surface area contributed by atoms with E-state index in [4.69, 9.17) is 4.74 Å². The van der Waals surface area contributed by atoms with Gasteiger partial charge in [-0.05, 0) is 38.1 Å². The maximum absolute atomic E-state index is 11.5. The van der Waals surface area contributed by atoms with E-state index in [2.05, 4.69) is 34.8 Å². The van der Waals surface area contributed by atoms with Gasteiger partial charge in [-0.1, -0.05) is 18.2 Å². The number of benzene rings is 2. The number of carbonyl (C=O) groups is 1. The molecule has 0 radical (unpaired) electrons. The molecule has 0 aliphatic carbocycles. The molecule has 5 heteroatoms. The molecule has 4 nitrogen and oxygen atoms in total. The van der Waals surface area contributed by atoms with Crippen molar-refractivity contribution in [3.63, 3.8) is 0 Å². The molecule has 1 N–H and O–H groups in total. The van der Waals surface area contributed by atoms with Crippen LogP contribution in [-0.2, 0) is 9.53 Å². The summed E-state index contributed by atoms with van der Waals surface area (Å²) in [5.74, 6) is -0.405. The van der Waals surface area contributed by atoms with Gasteiger partial charge in [0.2, 0.25) is 0 Å². The Morgan fingerprint density at radius 2 is 1.95 bits per heavy atom. The van der Waals surface area contributed by atoms with Crippen molar-refractivity contribution in [3.8, 4) is 0 Å². The average Bonchev–Trinajstić information content (AvgIpc) is 2.90. The van der Waals surface area contributed by atoms with E-state index in [9.17, 15) is 4.79 Å². The molecule has 0 fully saturated rings. The first-order chi connectivity index (χ1) is 10.7. The lowest BCUT2D eigenvalue weighted by Gasteiger charge is -2.03. The van der Waals surface area contributed by atoms with Crippen LogP contribution in [0, 0.1) is 0 Å². The van der Waals surface area contributed by atoms with Crippen LogP contribution in [0.2, 0.25) is 0 Å². The normalized spacial score (nSPS) is 11.8. The summed E-state index contributed by atoms with van der Waals surface area (Å²) in [4.78, 5) is 11.5.